The number of aromatic amines is 2. The average Bonchev–Trinajstić information content (AvgIpc) is 2.95. The first-order chi connectivity index (χ1) is 7.62. The van der Waals surface area contributed by atoms with Crippen LogP contribution in [0.4, 0.5) is 0 Å². The molecule has 0 aliphatic heterocycles. The van der Waals surface area contributed by atoms with E-state index < -0.39 is 11.4 Å². The van der Waals surface area contributed by atoms with Crippen LogP contribution in [0.25, 0.3) is 11.0 Å². The Labute approximate surface area is 90.1 Å². The number of H-pyrrole nitrogens is 2. The van der Waals surface area contributed by atoms with E-state index in [0.717, 1.165) is 5.56 Å². The summed E-state index contributed by atoms with van der Waals surface area (Å²) in [5.74, 6) is -0.787. The fraction of sp³-hybridized carbons (Fsp3) is 0.273. The van der Waals surface area contributed by atoms with E-state index in [1.807, 2.05) is 0 Å². The summed E-state index contributed by atoms with van der Waals surface area (Å²) in [4.78, 5) is 27.5. The van der Waals surface area contributed by atoms with Gasteiger partial charge in [-0.1, -0.05) is 6.07 Å². The first kappa shape index (κ1) is 9.21. The van der Waals surface area contributed by atoms with Crippen molar-refractivity contribution in [3.05, 3.63) is 34.2 Å². The Balaban J connectivity index is 2.19. The molecule has 1 aromatic carbocycles. The van der Waals surface area contributed by atoms with E-state index in [2.05, 4.69) is 9.97 Å². The Bertz CT molecular complexity index is 634. The molecule has 1 saturated carbocycles. The minimum Gasteiger partial charge on any atom is -0.481 e. The van der Waals surface area contributed by atoms with Crippen LogP contribution in [0.2, 0.25) is 0 Å². The molecule has 0 bridgehead atoms. The van der Waals surface area contributed by atoms with Crippen molar-refractivity contribution in [2.75, 3.05) is 0 Å². The Morgan fingerprint density at radius 3 is 2.56 bits per heavy atom. The van der Waals surface area contributed by atoms with Gasteiger partial charge in [-0.05, 0) is 30.5 Å². The van der Waals surface area contributed by atoms with Crippen molar-refractivity contribution >= 4 is 17.0 Å². The number of nitrogens with one attached hydrogen (secondary N) is 2. The van der Waals surface area contributed by atoms with Crippen molar-refractivity contribution in [2.24, 2.45) is 0 Å². The number of carboxylic acid groups (broad SMARTS) is 1. The van der Waals surface area contributed by atoms with Gasteiger partial charge in [-0.3, -0.25) is 4.79 Å². The molecule has 2 aromatic rings. The molecule has 82 valence electrons. The molecular weight excluding hydrogens is 208 g/mol. The van der Waals surface area contributed by atoms with Crippen molar-refractivity contribution in [1.29, 1.82) is 0 Å². The zero-order valence-electron chi connectivity index (χ0n) is 8.41. The second-order valence-corrected chi connectivity index (χ2v) is 4.23. The molecule has 0 unspecified atom stereocenters. The lowest BCUT2D eigenvalue weighted by Gasteiger charge is -2.09. The Hall–Kier alpha value is -2.04. The third-order valence-electron chi connectivity index (χ3n) is 3.23. The largest absolute Gasteiger partial charge is 0.481 e. The lowest BCUT2D eigenvalue weighted by atomic mass is 9.96. The summed E-state index contributed by atoms with van der Waals surface area (Å²) < 4.78 is 0. The number of benzene rings is 1. The lowest BCUT2D eigenvalue weighted by molar-refractivity contribution is -0.140. The Morgan fingerprint density at radius 2 is 1.94 bits per heavy atom. The molecule has 3 rings (SSSR count). The van der Waals surface area contributed by atoms with Crippen molar-refractivity contribution in [1.82, 2.24) is 9.97 Å². The van der Waals surface area contributed by atoms with Gasteiger partial charge in [0.1, 0.15) is 0 Å². The van der Waals surface area contributed by atoms with E-state index in [4.69, 9.17) is 5.11 Å². The van der Waals surface area contributed by atoms with Crippen molar-refractivity contribution in [2.45, 2.75) is 18.3 Å². The van der Waals surface area contributed by atoms with Crippen LogP contribution in [0.1, 0.15) is 18.4 Å². The quantitative estimate of drug-likeness (QED) is 0.702. The summed E-state index contributed by atoms with van der Waals surface area (Å²) >= 11 is 0. The van der Waals surface area contributed by atoms with E-state index in [1.165, 1.54) is 0 Å². The zero-order chi connectivity index (χ0) is 11.3. The van der Waals surface area contributed by atoms with Gasteiger partial charge >= 0.3 is 11.7 Å². The highest BCUT2D eigenvalue weighted by Gasteiger charge is 2.51. The highest BCUT2D eigenvalue weighted by molar-refractivity contribution is 5.87. The van der Waals surface area contributed by atoms with Crippen LogP contribution in [-0.4, -0.2) is 21.0 Å². The highest BCUT2D eigenvalue weighted by atomic mass is 16.4. The predicted octanol–water partition coefficient (Wildman–Crippen LogP) is 0.972. The van der Waals surface area contributed by atoms with Gasteiger partial charge in [0.05, 0.1) is 16.4 Å². The van der Waals surface area contributed by atoms with Gasteiger partial charge in [-0.25, -0.2) is 4.79 Å². The van der Waals surface area contributed by atoms with Crippen LogP contribution in [0.15, 0.2) is 23.0 Å². The number of carboxylic acids is 1. The topological polar surface area (TPSA) is 85.9 Å². The van der Waals surface area contributed by atoms with E-state index in [-0.39, 0.29) is 5.69 Å². The first-order valence-electron chi connectivity index (χ1n) is 5.08. The Kier molecular flexibility index (Phi) is 1.58. The number of aromatic nitrogens is 2. The van der Waals surface area contributed by atoms with Crippen LogP contribution in [-0.2, 0) is 10.2 Å². The molecule has 0 saturated heterocycles. The molecule has 5 heteroatoms. The maximum Gasteiger partial charge on any atom is 0.323 e. The molecule has 5 nitrogen and oxygen atoms in total. The smallest absolute Gasteiger partial charge is 0.323 e. The normalized spacial score (nSPS) is 17.5. The van der Waals surface area contributed by atoms with Gasteiger partial charge < -0.3 is 15.1 Å². The minimum absolute atomic E-state index is 0.271. The predicted molar refractivity (Wildman–Crippen MR) is 57.5 cm³/mol. The molecule has 1 aliphatic rings. The molecule has 3 N–H and O–H groups in total. The van der Waals surface area contributed by atoms with Crippen molar-refractivity contribution in [3.8, 4) is 0 Å². The van der Waals surface area contributed by atoms with Gasteiger partial charge in [0.15, 0.2) is 0 Å². The summed E-state index contributed by atoms with van der Waals surface area (Å²) in [7, 11) is 0. The molecule has 0 amide bonds. The fourth-order valence-corrected chi connectivity index (χ4v) is 2.08. The van der Waals surface area contributed by atoms with Crippen LogP contribution in [0.3, 0.4) is 0 Å². The van der Waals surface area contributed by atoms with E-state index in [1.54, 1.807) is 18.2 Å². The maximum absolute atomic E-state index is 11.1. The molecule has 0 atom stereocenters. The Morgan fingerprint density at radius 1 is 1.25 bits per heavy atom. The molecular formula is C11H10N2O3. The summed E-state index contributed by atoms with van der Waals surface area (Å²) in [6.07, 6.45) is 1.34. The molecule has 1 aromatic heterocycles. The van der Waals surface area contributed by atoms with E-state index >= 15 is 0 Å². The van der Waals surface area contributed by atoms with E-state index in [9.17, 15) is 9.59 Å². The van der Waals surface area contributed by atoms with Crippen LogP contribution < -0.4 is 5.69 Å². The standard InChI is InChI=1S/C11H10N2O3/c14-9(15)11(3-4-11)6-1-2-7-8(5-6)13-10(16)12-7/h1-2,5H,3-4H2,(H,14,15)(H2,12,13,16). The summed E-state index contributed by atoms with van der Waals surface area (Å²) in [6, 6.07) is 5.26. The summed E-state index contributed by atoms with van der Waals surface area (Å²) in [6.45, 7) is 0. The minimum atomic E-state index is -0.787. The molecule has 16 heavy (non-hydrogen) atoms. The van der Waals surface area contributed by atoms with Crippen LogP contribution in [0, 0.1) is 0 Å². The fourth-order valence-electron chi connectivity index (χ4n) is 2.08. The highest BCUT2D eigenvalue weighted by Crippen LogP contribution is 2.48. The van der Waals surface area contributed by atoms with Gasteiger partial charge in [0.25, 0.3) is 0 Å². The lowest BCUT2D eigenvalue weighted by Crippen LogP contribution is -2.19. The van der Waals surface area contributed by atoms with Gasteiger partial charge in [0, 0.05) is 0 Å². The SMILES string of the molecule is O=C(O)C1(c2ccc3[nH]c(=O)[nH]c3c2)CC1. The second-order valence-electron chi connectivity index (χ2n) is 4.23. The number of fused-ring (bicyclic) bond motifs is 1. The summed E-state index contributed by atoms with van der Waals surface area (Å²) in [5, 5.41) is 9.15. The van der Waals surface area contributed by atoms with Gasteiger partial charge in [-0.2, -0.15) is 0 Å². The van der Waals surface area contributed by atoms with E-state index in [0.29, 0.717) is 23.9 Å². The molecule has 1 aliphatic carbocycles. The molecule has 0 spiro atoms. The zero-order valence-corrected chi connectivity index (χ0v) is 8.41. The molecule has 1 fully saturated rings. The second kappa shape index (κ2) is 2.75. The number of hydrogen-bond donors (Lipinski definition) is 3. The number of carbonyl (C=O) groups is 1. The third kappa shape index (κ3) is 1.11. The molecule has 0 radical (unpaired) electrons. The monoisotopic (exact) mass is 218 g/mol. The first-order valence-corrected chi connectivity index (χ1v) is 5.08. The van der Waals surface area contributed by atoms with Crippen LogP contribution in [0.5, 0.6) is 0 Å². The van der Waals surface area contributed by atoms with Crippen molar-refractivity contribution < 1.29 is 9.90 Å². The molecule has 1 heterocycles. The third-order valence-corrected chi connectivity index (χ3v) is 3.23. The number of imidazole rings is 1. The summed E-state index contributed by atoms with van der Waals surface area (Å²) in [5.41, 5.74) is 1.14. The number of aliphatic carboxylic acids is 1. The van der Waals surface area contributed by atoms with Gasteiger partial charge in [-0.15, -0.1) is 0 Å². The average molecular weight is 218 g/mol. The number of rotatable bonds is 2. The van der Waals surface area contributed by atoms with Gasteiger partial charge in [0.2, 0.25) is 0 Å². The maximum atomic E-state index is 11.1. The van der Waals surface area contributed by atoms with Crippen molar-refractivity contribution in [3.63, 3.8) is 0 Å². The van der Waals surface area contributed by atoms with Crippen LogP contribution >= 0.6 is 0 Å². The number of hydrogen-bond acceptors (Lipinski definition) is 2.